The van der Waals surface area contributed by atoms with Gasteiger partial charge in [0.15, 0.2) is 0 Å². The number of nitrogens with zero attached hydrogens (tertiary/aromatic N) is 2. The molecule has 0 saturated heterocycles. The van der Waals surface area contributed by atoms with Crippen LogP contribution in [0.15, 0.2) is 24.5 Å². The van der Waals surface area contributed by atoms with Gasteiger partial charge in [-0.3, -0.25) is 0 Å². The molecule has 0 spiro atoms. The molecule has 1 aromatic heterocycles. The van der Waals surface area contributed by atoms with E-state index >= 15 is 0 Å². The molecule has 1 heterocycles. The summed E-state index contributed by atoms with van der Waals surface area (Å²) in [6.45, 7) is 0.811. The molecular weight excluding hydrogens is 274 g/mol. The zero-order valence-electron chi connectivity index (χ0n) is 11.6. The SMILES string of the molecule is COCC(O)CCNc1ncnc2cc(C(=O)O)ccc12. The van der Waals surface area contributed by atoms with E-state index in [4.69, 9.17) is 9.84 Å². The Morgan fingerprint density at radius 1 is 1.43 bits per heavy atom. The van der Waals surface area contributed by atoms with Crippen LogP contribution in [0.1, 0.15) is 16.8 Å². The highest BCUT2D eigenvalue weighted by molar-refractivity contribution is 5.96. The van der Waals surface area contributed by atoms with Crippen molar-refractivity contribution in [3.8, 4) is 0 Å². The number of aromatic nitrogens is 2. The number of hydrogen-bond acceptors (Lipinski definition) is 6. The first-order chi connectivity index (χ1) is 10.1. The van der Waals surface area contributed by atoms with Gasteiger partial charge in [0.2, 0.25) is 0 Å². The molecule has 0 aliphatic rings. The van der Waals surface area contributed by atoms with Crippen LogP contribution in [-0.2, 0) is 4.74 Å². The fourth-order valence-corrected chi connectivity index (χ4v) is 1.96. The van der Waals surface area contributed by atoms with Gasteiger partial charge in [-0.15, -0.1) is 0 Å². The lowest BCUT2D eigenvalue weighted by Crippen LogP contribution is -2.18. The van der Waals surface area contributed by atoms with Gasteiger partial charge in [0, 0.05) is 19.0 Å². The van der Waals surface area contributed by atoms with E-state index in [0.717, 1.165) is 5.39 Å². The summed E-state index contributed by atoms with van der Waals surface area (Å²) >= 11 is 0. The number of aliphatic hydroxyl groups is 1. The number of carboxylic acid groups (broad SMARTS) is 1. The number of carbonyl (C=O) groups is 1. The second kappa shape index (κ2) is 6.96. The normalized spacial score (nSPS) is 12.3. The number of hydrogen-bond donors (Lipinski definition) is 3. The Hall–Kier alpha value is -2.25. The number of rotatable bonds is 7. The molecule has 112 valence electrons. The highest BCUT2D eigenvalue weighted by Gasteiger charge is 2.09. The first-order valence-electron chi connectivity index (χ1n) is 6.50. The Morgan fingerprint density at radius 2 is 2.24 bits per heavy atom. The molecule has 0 aliphatic heterocycles. The Balaban J connectivity index is 2.11. The van der Waals surface area contributed by atoms with Gasteiger partial charge in [0.05, 0.1) is 23.8 Å². The first kappa shape index (κ1) is 15.1. The van der Waals surface area contributed by atoms with Gasteiger partial charge in [-0.2, -0.15) is 0 Å². The second-order valence-corrected chi connectivity index (χ2v) is 4.58. The average Bonchev–Trinajstić information content (AvgIpc) is 2.47. The third-order valence-corrected chi connectivity index (χ3v) is 3.01. The van der Waals surface area contributed by atoms with E-state index < -0.39 is 12.1 Å². The quantitative estimate of drug-likeness (QED) is 0.702. The van der Waals surface area contributed by atoms with Gasteiger partial charge in [-0.1, -0.05) is 0 Å². The monoisotopic (exact) mass is 291 g/mol. The summed E-state index contributed by atoms with van der Waals surface area (Å²) in [6, 6.07) is 4.69. The minimum atomic E-state index is -0.993. The predicted molar refractivity (Wildman–Crippen MR) is 77.5 cm³/mol. The maximum atomic E-state index is 10.9. The molecule has 2 aromatic rings. The van der Waals surface area contributed by atoms with Crippen molar-refractivity contribution in [2.75, 3.05) is 25.6 Å². The molecule has 1 unspecified atom stereocenters. The summed E-state index contributed by atoms with van der Waals surface area (Å²) in [6.07, 6.45) is 1.36. The molecule has 1 aromatic carbocycles. The van der Waals surface area contributed by atoms with Crippen molar-refractivity contribution >= 4 is 22.7 Å². The van der Waals surface area contributed by atoms with Crippen LogP contribution in [0, 0.1) is 0 Å². The number of methoxy groups -OCH3 is 1. The van der Waals surface area contributed by atoms with Gasteiger partial charge >= 0.3 is 5.97 Å². The topological polar surface area (TPSA) is 105 Å². The summed E-state index contributed by atoms with van der Waals surface area (Å²) in [5.41, 5.74) is 0.743. The number of ether oxygens (including phenoxy) is 1. The van der Waals surface area contributed by atoms with E-state index in [2.05, 4.69) is 15.3 Å². The van der Waals surface area contributed by atoms with Crippen molar-refractivity contribution in [3.05, 3.63) is 30.1 Å². The minimum Gasteiger partial charge on any atom is -0.478 e. The molecular formula is C14H17N3O4. The van der Waals surface area contributed by atoms with E-state index in [9.17, 15) is 9.90 Å². The van der Waals surface area contributed by atoms with Crippen LogP contribution < -0.4 is 5.32 Å². The van der Waals surface area contributed by atoms with Crippen molar-refractivity contribution in [2.45, 2.75) is 12.5 Å². The Kier molecular flexibility index (Phi) is 5.02. The standard InChI is InChI=1S/C14H17N3O4/c1-21-7-10(18)4-5-15-13-11-3-2-9(14(19)20)6-12(11)16-8-17-13/h2-3,6,8,10,18H,4-5,7H2,1H3,(H,19,20)(H,15,16,17). The lowest BCUT2D eigenvalue weighted by atomic mass is 10.1. The average molecular weight is 291 g/mol. The van der Waals surface area contributed by atoms with Gasteiger partial charge in [0.1, 0.15) is 12.1 Å². The molecule has 7 heteroatoms. The third kappa shape index (κ3) is 3.87. The summed E-state index contributed by atoms with van der Waals surface area (Å²) in [5.74, 6) is -0.380. The largest absolute Gasteiger partial charge is 0.478 e. The van der Waals surface area contributed by atoms with Gasteiger partial charge in [0.25, 0.3) is 0 Å². The van der Waals surface area contributed by atoms with Crippen LogP contribution in [0.2, 0.25) is 0 Å². The summed E-state index contributed by atoms with van der Waals surface area (Å²) in [5, 5.41) is 22.4. The third-order valence-electron chi connectivity index (χ3n) is 3.01. The molecule has 21 heavy (non-hydrogen) atoms. The molecule has 0 aliphatic carbocycles. The zero-order valence-corrected chi connectivity index (χ0v) is 11.6. The maximum Gasteiger partial charge on any atom is 0.335 e. The van der Waals surface area contributed by atoms with Crippen molar-refractivity contribution < 1.29 is 19.7 Å². The number of aliphatic hydroxyl groups excluding tert-OH is 1. The van der Waals surface area contributed by atoms with Gasteiger partial charge in [-0.25, -0.2) is 14.8 Å². The number of carboxylic acids is 1. The van der Waals surface area contributed by atoms with Crippen LogP contribution in [0.3, 0.4) is 0 Å². The smallest absolute Gasteiger partial charge is 0.335 e. The van der Waals surface area contributed by atoms with E-state index in [1.807, 2.05) is 0 Å². The van der Waals surface area contributed by atoms with Crippen molar-refractivity contribution in [3.63, 3.8) is 0 Å². The lowest BCUT2D eigenvalue weighted by Gasteiger charge is -2.11. The van der Waals surface area contributed by atoms with E-state index in [1.165, 1.54) is 25.6 Å². The summed E-state index contributed by atoms with van der Waals surface area (Å²) in [4.78, 5) is 19.2. The van der Waals surface area contributed by atoms with Crippen LogP contribution >= 0.6 is 0 Å². The number of aromatic carboxylic acids is 1. The van der Waals surface area contributed by atoms with E-state index in [1.54, 1.807) is 6.07 Å². The Morgan fingerprint density at radius 3 is 2.95 bits per heavy atom. The number of benzene rings is 1. The molecule has 1 atom stereocenters. The van der Waals surface area contributed by atoms with Crippen LogP contribution in [0.25, 0.3) is 10.9 Å². The van der Waals surface area contributed by atoms with Crippen molar-refractivity contribution in [1.29, 1.82) is 0 Å². The Bertz CT molecular complexity index is 633. The highest BCUT2D eigenvalue weighted by Crippen LogP contribution is 2.20. The fraction of sp³-hybridized carbons (Fsp3) is 0.357. The van der Waals surface area contributed by atoms with Crippen LogP contribution in [-0.4, -0.2) is 52.5 Å². The number of nitrogens with one attached hydrogen (secondary N) is 1. The highest BCUT2D eigenvalue weighted by atomic mass is 16.5. The summed E-state index contributed by atoms with van der Waals surface area (Å²) < 4.78 is 4.85. The van der Waals surface area contributed by atoms with E-state index in [-0.39, 0.29) is 12.2 Å². The first-order valence-corrected chi connectivity index (χ1v) is 6.50. The van der Waals surface area contributed by atoms with Crippen LogP contribution in [0.4, 0.5) is 5.82 Å². The summed E-state index contributed by atoms with van der Waals surface area (Å²) in [7, 11) is 1.54. The fourth-order valence-electron chi connectivity index (χ4n) is 1.96. The minimum absolute atomic E-state index is 0.183. The maximum absolute atomic E-state index is 10.9. The number of fused-ring (bicyclic) bond motifs is 1. The molecule has 0 bridgehead atoms. The zero-order chi connectivity index (χ0) is 15.2. The molecule has 0 radical (unpaired) electrons. The van der Waals surface area contributed by atoms with E-state index in [0.29, 0.717) is 24.3 Å². The molecule has 0 amide bonds. The van der Waals surface area contributed by atoms with Crippen molar-refractivity contribution in [2.24, 2.45) is 0 Å². The number of anilines is 1. The van der Waals surface area contributed by atoms with Gasteiger partial charge < -0.3 is 20.3 Å². The molecule has 3 N–H and O–H groups in total. The Labute approximate surface area is 121 Å². The lowest BCUT2D eigenvalue weighted by molar-refractivity contribution is 0.0615. The predicted octanol–water partition coefficient (Wildman–Crippen LogP) is 1.14. The second-order valence-electron chi connectivity index (χ2n) is 4.58. The van der Waals surface area contributed by atoms with Crippen molar-refractivity contribution in [1.82, 2.24) is 9.97 Å². The van der Waals surface area contributed by atoms with Crippen LogP contribution in [0.5, 0.6) is 0 Å². The molecule has 7 nitrogen and oxygen atoms in total. The molecule has 0 saturated carbocycles. The molecule has 0 fully saturated rings. The van der Waals surface area contributed by atoms with Gasteiger partial charge in [-0.05, 0) is 24.6 Å². The molecule has 2 rings (SSSR count).